The largest absolute Gasteiger partial charge is 0.497 e. The molecule has 2 heterocycles. The van der Waals surface area contributed by atoms with Gasteiger partial charge in [0.25, 0.3) is 5.91 Å². The topological polar surface area (TPSA) is 87.5 Å². The third-order valence-electron chi connectivity index (χ3n) is 4.74. The predicted octanol–water partition coefficient (Wildman–Crippen LogP) is 3.21. The molecule has 4 rings (SSSR count). The molecule has 1 N–H and O–H groups in total. The summed E-state index contributed by atoms with van der Waals surface area (Å²) in [6.07, 6.45) is -0.162. The lowest BCUT2D eigenvalue weighted by Crippen LogP contribution is -2.24. The number of fused-ring (bicyclic) bond motifs is 1. The summed E-state index contributed by atoms with van der Waals surface area (Å²) >= 11 is 0. The number of benzene rings is 2. The zero-order chi connectivity index (χ0) is 20.2. The lowest BCUT2D eigenvalue weighted by atomic mass is 10.1. The standard InChI is InChI=1S/C21H22N4O4/c1-3-28-18-7-5-4-6-16(18)22-21(26)20-17-13-29-19(12-25(17)24-23-20)14-8-10-15(27-2)11-9-14/h4-11,19H,3,12-13H2,1-2H3,(H,22,26)/t19-/m0/s1. The number of methoxy groups -OCH3 is 1. The monoisotopic (exact) mass is 394 g/mol. The van der Waals surface area contributed by atoms with Gasteiger partial charge in [0.05, 0.1) is 38.2 Å². The Hall–Kier alpha value is -3.39. The SMILES string of the molecule is CCOc1ccccc1NC(=O)c1nnn2c1CO[C@H](c1ccc(OC)cc1)C2. The second-order valence-corrected chi connectivity index (χ2v) is 6.52. The Labute approximate surface area is 168 Å². The first-order valence-corrected chi connectivity index (χ1v) is 9.40. The number of nitrogens with one attached hydrogen (secondary N) is 1. The molecule has 0 radical (unpaired) electrons. The first-order valence-electron chi connectivity index (χ1n) is 9.40. The van der Waals surface area contributed by atoms with Gasteiger partial charge < -0.3 is 19.5 Å². The van der Waals surface area contributed by atoms with Crippen LogP contribution in [0.2, 0.25) is 0 Å². The Kier molecular flexibility index (Phi) is 5.44. The highest BCUT2D eigenvalue weighted by Gasteiger charge is 2.28. The highest BCUT2D eigenvalue weighted by Crippen LogP contribution is 2.29. The Morgan fingerprint density at radius 2 is 2.03 bits per heavy atom. The molecule has 150 valence electrons. The van der Waals surface area contributed by atoms with E-state index >= 15 is 0 Å². The average molecular weight is 394 g/mol. The lowest BCUT2D eigenvalue weighted by Gasteiger charge is -2.24. The van der Waals surface area contributed by atoms with E-state index < -0.39 is 0 Å². The van der Waals surface area contributed by atoms with Crippen LogP contribution in [0.15, 0.2) is 48.5 Å². The smallest absolute Gasteiger partial charge is 0.278 e. The van der Waals surface area contributed by atoms with Crippen LogP contribution in [-0.4, -0.2) is 34.6 Å². The van der Waals surface area contributed by atoms with Gasteiger partial charge >= 0.3 is 0 Å². The molecule has 1 aliphatic rings. The van der Waals surface area contributed by atoms with Gasteiger partial charge in [0.15, 0.2) is 5.69 Å². The van der Waals surface area contributed by atoms with Crippen molar-refractivity contribution in [2.45, 2.75) is 26.2 Å². The molecule has 0 saturated carbocycles. The molecule has 0 spiro atoms. The van der Waals surface area contributed by atoms with Gasteiger partial charge in [0.2, 0.25) is 0 Å². The van der Waals surface area contributed by atoms with Crippen molar-refractivity contribution in [1.29, 1.82) is 0 Å². The number of nitrogens with zero attached hydrogens (tertiary/aromatic N) is 3. The molecule has 1 aromatic heterocycles. The van der Waals surface area contributed by atoms with Crippen molar-refractivity contribution < 1.29 is 19.0 Å². The van der Waals surface area contributed by atoms with E-state index in [0.717, 1.165) is 11.3 Å². The second-order valence-electron chi connectivity index (χ2n) is 6.52. The zero-order valence-electron chi connectivity index (χ0n) is 16.3. The molecule has 1 aliphatic heterocycles. The number of carbonyl (C=O) groups is 1. The van der Waals surface area contributed by atoms with Crippen LogP contribution in [0.4, 0.5) is 5.69 Å². The van der Waals surface area contributed by atoms with Gasteiger partial charge in [-0.15, -0.1) is 5.10 Å². The summed E-state index contributed by atoms with van der Waals surface area (Å²) < 4.78 is 18.5. The van der Waals surface area contributed by atoms with Gasteiger partial charge in [0, 0.05) is 0 Å². The molecule has 1 atom stereocenters. The Morgan fingerprint density at radius 3 is 2.79 bits per heavy atom. The number of aromatic nitrogens is 3. The summed E-state index contributed by atoms with van der Waals surface area (Å²) in [7, 11) is 1.63. The van der Waals surface area contributed by atoms with Crippen molar-refractivity contribution in [3.63, 3.8) is 0 Å². The van der Waals surface area contributed by atoms with E-state index in [-0.39, 0.29) is 24.3 Å². The van der Waals surface area contributed by atoms with Crippen LogP contribution in [0.3, 0.4) is 0 Å². The summed E-state index contributed by atoms with van der Waals surface area (Å²) in [5.41, 5.74) is 2.52. The Morgan fingerprint density at radius 1 is 1.24 bits per heavy atom. The summed E-state index contributed by atoms with van der Waals surface area (Å²) in [5.74, 6) is 1.06. The molecule has 8 nitrogen and oxygen atoms in total. The lowest BCUT2D eigenvalue weighted by molar-refractivity contribution is -0.00173. The molecule has 8 heteroatoms. The highest BCUT2D eigenvalue weighted by atomic mass is 16.5. The van der Waals surface area contributed by atoms with E-state index in [1.807, 2.05) is 49.4 Å². The number of para-hydroxylation sites is 2. The van der Waals surface area contributed by atoms with Crippen LogP contribution in [0.25, 0.3) is 0 Å². The fraction of sp³-hybridized carbons (Fsp3) is 0.286. The highest BCUT2D eigenvalue weighted by molar-refractivity contribution is 6.04. The van der Waals surface area contributed by atoms with Gasteiger partial charge in [0.1, 0.15) is 17.6 Å². The number of ether oxygens (including phenoxy) is 3. The van der Waals surface area contributed by atoms with E-state index in [9.17, 15) is 4.79 Å². The predicted molar refractivity (Wildman–Crippen MR) is 106 cm³/mol. The van der Waals surface area contributed by atoms with Crippen molar-refractivity contribution >= 4 is 11.6 Å². The number of hydrogen-bond acceptors (Lipinski definition) is 6. The van der Waals surface area contributed by atoms with Crippen molar-refractivity contribution in [1.82, 2.24) is 15.0 Å². The zero-order valence-corrected chi connectivity index (χ0v) is 16.3. The van der Waals surface area contributed by atoms with Crippen LogP contribution < -0.4 is 14.8 Å². The molecular formula is C21H22N4O4. The number of amides is 1. The molecule has 3 aromatic rings. The normalized spacial score (nSPS) is 15.4. The Balaban J connectivity index is 1.50. The van der Waals surface area contributed by atoms with Crippen LogP contribution in [0.5, 0.6) is 11.5 Å². The molecule has 0 bridgehead atoms. The summed E-state index contributed by atoms with van der Waals surface area (Å²) in [6.45, 7) is 3.14. The molecule has 0 saturated heterocycles. The number of carbonyl (C=O) groups excluding carboxylic acids is 1. The molecule has 1 amide bonds. The van der Waals surface area contributed by atoms with Crippen LogP contribution in [0, 0.1) is 0 Å². The van der Waals surface area contributed by atoms with Crippen molar-refractivity contribution in [2.24, 2.45) is 0 Å². The first kappa shape index (κ1) is 18.9. The molecule has 0 aliphatic carbocycles. The van der Waals surface area contributed by atoms with Crippen molar-refractivity contribution in [2.75, 3.05) is 19.0 Å². The van der Waals surface area contributed by atoms with E-state index in [2.05, 4.69) is 15.6 Å². The summed E-state index contributed by atoms with van der Waals surface area (Å²) in [4.78, 5) is 12.8. The van der Waals surface area contributed by atoms with Gasteiger partial charge in [-0.3, -0.25) is 4.79 Å². The molecule has 0 unspecified atom stereocenters. The quantitative estimate of drug-likeness (QED) is 0.691. The van der Waals surface area contributed by atoms with Crippen molar-refractivity contribution in [3.05, 3.63) is 65.5 Å². The summed E-state index contributed by atoms with van der Waals surface area (Å²) in [5, 5.41) is 11.1. The fourth-order valence-corrected chi connectivity index (χ4v) is 3.24. The average Bonchev–Trinajstić information content (AvgIpc) is 3.19. The van der Waals surface area contributed by atoms with E-state index in [1.54, 1.807) is 17.9 Å². The molecule has 2 aromatic carbocycles. The van der Waals surface area contributed by atoms with Crippen LogP contribution in [0.1, 0.15) is 34.8 Å². The van der Waals surface area contributed by atoms with Gasteiger partial charge in [-0.1, -0.05) is 29.5 Å². The summed E-state index contributed by atoms with van der Waals surface area (Å²) in [6, 6.07) is 15.0. The maximum Gasteiger partial charge on any atom is 0.278 e. The van der Waals surface area contributed by atoms with Gasteiger partial charge in [-0.25, -0.2) is 4.68 Å². The van der Waals surface area contributed by atoms with Gasteiger partial charge in [-0.05, 0) is 36.8 Å². The Bertz CT molecular complexity index is 1000. The van der Waals surface area contributed by atoms with E-state index in [4.69, 9.17) is 14.2 Å². The third-order valence-corrected chi connectivity index (χ3v) is 4.74. The maximum absolute atomic E-state index is 12.8. The van der Waals surface area contributed by atoms with E-state index in [0.29, 0.717) is 30.3 Å². The molecule has 0 fully saturated rings. The molecular weight excluding hydrogens is 372 g/mol. The number of rotatable bonds is 6. The number of anilines is 1. The third kappa shape index (κ3) is 3.93. The van der Waals surface area contributed by atoms with Crippen molar-refractivity contribution in [3.8, 4) is 11.5 Å². The maximum atomic E-state index is 12.8. The molecule has 29 heavy (non-hydrogen) atoms. The van der Waals surface area contributed by atoms with Gasteiger partial charge in [-0.2, -0.15) is 0 Å². The van der Waals surface area contributed by atoms with Crippen LogP contribution >= 0.6 is 0 Å². The minimum atomic E-state index is -0.343. The first-order chi connectivity index (χ1) is 14.2. The fourth-order valence-electron chi connectivity index (χ4n) is 3.24. The minimum absolute atomic E-state index is 0.162. The minimum Gasteiger partial charge on any atom is -0.497 e. The number of hydrogen-bond donors (Lipinski definition) is 1. The van der Waals surface area contributed by atoms with Crippen LogP contribution in [-0.2, 0) is 17.9 Å². The van der Waals surface area contributed by atoms with E-state index in [1.165, 1.54) is 0 Å². The second kappa shape index (κ2) is 8.32.